The third kappa shape index (κ3) is 3.66. The molecule has 0 saturated carbocycles. The molecule has 0 unspecified atom stereocenters. The molecule has 1 rings (SSSR count). The summed E-state index contributed by atoms with van der Waals surface area (Å²) >= 11 is 12.3. The summed E-state index contributed by atoms with van der Waals surface area (Å²) in [6.07, 6.45) is 0. The van der Waals surface area contributed by atoms with Crippen molar-refractivity contribution >= 4 is 34.8 Å². The van der Waals surface area contributed by atoms with Crippen LogP contribution in [-0.4, -0.2) is 24.6 Å². The Labute approximate surface area is 119 Å². The molecule has 1 N–H and O–H groups in total. The Bertz CT molecular complexity index is 405. The standard InChI is InChI=1S/C13H21Cl2N3/c1-8(2)7-18(9(3)4)13-11(15)6-10(14)12(16-5)17-13/h6,8-9H,7H2,1-5H3,(H,16,17). The van der Waals surface area contributed by atoms with E-state index in [2.05, 4.69) is 42.9 Å². The van der Waals surface area contributed by atoms with Crippen LogP contribution in [0.4, 0.5) is 11.6 Å². The lowest BCUT2D eigenvalue weighted by Gasteiger charge is -2.30. The zero-order valence-electron chi connectivity index (χ0n) is 11.6. The van der Waals surface area contributed by atoms with Crippen LogP contribution < -0.4 is 10.2 Å². The number of hydrogen-bond donors (Lipinski definition) is 1. The third-order valence-corrected chi connectivity index (χ3v) is 3.17. The Morgan fingerprint density at radius 1 is 1.22 bits per heavy atom. The maximum atomic E-state index is 6.26. The van der Waals surface area contributed by atoms with Crippen LogP contribution in [0.3, 0.4) is 0 Å². The summed E-state index contributed by atoms with van der Waals surface area (Å²) in [7, 11) is 1.80. The van der Waals surface area contributed by atoms with Crippen LogP contribution in [0.15, 0.2) is 6.07 Å². The van der Waals surface area contributed by atoms with E-state index in [0.717, 1.165) is 12.4 Å². The second kappa shape index (κ2) is 6.48. The fourth-order valence-electron chi connectivity index (χ4n) is 1.77. The minimum absolute atomic E-state index is 0.336. The van der Waals surface area contributed by atoms with Crippen LogP contribution in [0.25, 0.3) is 0 Å². The number of pyridine rings is 1. The minimum atomic E-state index is 0.336. The van der Waals surface area contributed by atoms with Crippen LogP contribution in [0.2, 0.25) is 10.0 Å². The lowest BCUT2D eigenvalue weighted by molar-refractivity contribution is 0.566. The Morgan fingerprint density at radius 3 is 2.28 bits per heavy atom. The number of nitrogens with zero attached hydrogens (tertiary/aromatic N) is 2. The quantitative estimate of drug-likeness (QED) is 0.876. The second-order valence-corrected chi connectivity index (χ2v) is 5.83. The first-order chi connectivity index (χ1) is 8.36. The van der Waals surface area contributed by atoms with Crippen LogP contribution in [0.1, 0.15) is 27.7 Å². The highest BCUT2D eigenvalue weighted by molar-refractivity contribution is 6.37. The van der Waals surface area contributed by atoms with E-state index in [0.29, 0.717) is 27.8 Å². The van der Waals surface area contributed by atoms with Gasteiger partial charge >= 0.3 is 0 Å². The highest BCUT2D eigenvalue weighted by atomic mass is 35.5. The lowest BCUT2D eigenvalue weighted by atomic mass is 10.2. The van der Waals surface area contributed by atoms with Gasteiger partial charge in [-0.05, 0) is 25.8 Å². The summed E-state index contributed by atoms with van der Waals surface area (Å²) in [6, 6.07) is 2.08. The highest BCUT2D eigenvalue weighted by Gasteiger charge is 2.18. The van der Waals surface area contributed by atoms with Gasteiger partial charge in [0.1, 0.15) is 11.6 Å². The van der Waals surface area contributed by atoms with Gasteiger partial charge in [0.15, 0.2) is 0 Å². The Morgan fingerprint density at radius 2 is 1.83 bits per heavy atom. The molecule has 0 aliphatic heterocycles. The summed E-state index contributed by atoms with van der Waals surface area (Å²) in [5.41, 5.74) is 0. The monoisotopic (exact) mass is 289 g/mol. The van der Waals surface area contributed by atoms with Gasteiger partial charge in [0.2, 0.25) is 0 Å². The van der Waals surface area contributed by atoms with E-state index in [9.17, 15) is 0 Å². The van der Waals surface area contributed by atoms with Crippen LogP contribution in [-0.2, 0) is 0 Å². The normalized spacial score (nSPS) is 11.2. The van der Waals surface area contributed by atoms with E-state index >= 15 is 0 Å². The topological polar surface area (TPSA) is 28.2 Å². The molecule has 0 aliphatic rings. The Balaban J connectivity index is 3.18. The van der Waals surface area contributed by atoms with E-state index in [1.165, 1.54) is 0 Å². The number of hydrogen-bond acceptors (Lipinski definition) is 3. The first kappa shape index (κ1) is 15.4. The number of rotatable bonds is 5. The highest BCUT2D eigenvalue weighted by Crippen LogP contribution is 2.32. The van der Waals surface area contributed by atoms with Crippen molar-refractivity contribution in [3.05, 3.63) is 16.1 Å². The molecule has 1 aromatic heterocycles. The molecule has 5 heteroatoms. The van der Waals surface area contributed by atoms with Crippen molar-refractivity contribution in [3.8, 4) is 0 Å². The number of aromatic nitrogens is 1. The average Bonchev–Trinajstić information content (AvgIpc) is 2.26. The van der Waals surface area contributed by atoms with Gasteiger partial charge in [0.25, 0.3) is 0 Å². The molecule has 0 aromatic carbocycles. The molecule has 102 valence electrons. The van der Waals surface area contributed by atoms with Gasteiger partial charge in [-0.1, -0.05) is 37.0 Å². The van der Waals surface area contributed by atoms with Gasteiger partial charge in [-0.25, -0.2) is 4.98 Å². The molecule has 0 aliphatic carbocycles. The largest absolute Gasteiger partial charge is 0.372 e. The average molecular weight is 290 g/mol. The van der Waals surface area contributed by atoms with Crippen molar-refractivity contribution in [2.24, 2.45) is 5.92 Å². The Hall–Kier alpha value is -0.670. The summed E-state index contributed by atoms with van der Waals surface area (Å²) in [4.78, 5) is 6.71. The number of nitrogens with one attached hydrogen (secondary N) is 1. The lowest BCUT2D eigenvalue weighted by Crippen LogP contribution is -2.35. The predicted molar refractivity (Wildman–Crippen MR) is 81.1 cm³/mol. The molecule has 0 fully saturated rings. The molecular weight excluding hydrogens is 269 g/mol. The Kier molecular flexibility index (Phi) is 5.54. The maximum Gasteiger partial charge on any atom is 0.150 e. The summed E-state index contributed by atoms with van der Waals surface area (Å²) in [5, 5.41) is 4.11. The predicted octanol–water partition coefficient (Wildman–Crippen LogP) is 4.30. The summed E-state index contributed by atoms with van der Waals surface area (Å²) in [5.74, 6) is 1.98. The van der Waals surface area contributed by atoms with Crippen molar-refractivity contribution in [3.63, 3.8) is 0 Å². The molecule has 3 nitrogen and oxygen atoms in total. The van der Waals surface area contributed by atoms with Crippen LogP contribution in [0, 0.1) is 5.92 Å². The first-order valence-electron chi connectivity index (χ1n) is 6.17. The molecule has 0 spiro atoms. The summed E-state index contributed by atoms with van der Waals surface area (Å²) < 4.78 is 0. The molecule has 0 atom stereocenters. The molecule has 1 aromatic rings. The smallest absolute Gasteiger partial charge is 0.150 e. The van der Waals surface area contributed by atoms with Crippen LogP contribution >= 0.6 is 23.2 Å². The molecule has 1 heterocycles. The minimum Gasteiger partial charge on any atom is -0.372 e. The van der Waals surface area contributed by atoms with Gasteiger partial charge in [-0.2, -0.15) is 0 Å². The van der Waals surface area contributed by atoms with E-state index in [4.69, 9.17) is 23.2 Å². The van der Waals surface area contributed by atoms with Gasteiger partial charge in [0.05, 0.1) is 10.0 Å². The fourth-order valence-corrected chi connectivity index (χ4v) is 2.33. The molecule has 0 radical (unpaired) electrons. The first-order valence-corrected chi connectivity index (χ1v) is 6.92. The number of anilines is 2. The van der Waals surface area contributed by atoms with Gasteiger partial charge in [-0.15, -0.1) is 0 Å². The van der Waals surface area contributed by atoms with E-state index in [-0.39, 0.29) is 0 Å². The van der Waals surface area contributed by atoms with Gasteiger partial charge < -0.3 is 10.2 Å². The molecule has 18 heavy (non-hydrogen) atoms. The van der Waals surface area contributed by atoms with E-state index < -0.39 is 0 Å². The van der Waals surface area contributed by atoms with Crippen molar-refractivity contribution in [2.75, 3.05) is 23.8 Å². The zero-order valence-corrected chi connectivity index (χ0v) is 13.1. The van der Waals surface area contributed by atoms with Gasteiger partial charge in [0, 0.05) is 19.6 Å². The van der Waals surface area contributed by atoms with E-state index in [1.807, 2.05) is 0 Å². The third-order valence-electron chi connectivity index (χ3n) is 2.61. The second-order valence-electron chi connectivity index (χ2n) is 5.01. The SMILES string of the molecule is CNc1nc(N(CC(C)C)C(C)C)c(Cl)cc1Cl. The molecular formula is C13H21Cl2N3. The van der Waals surface area contributed by atoms with Crippen molar-refractivity contribution in [1.82, 2.24) is 4.98 Å². The molecule has 0 amide bonds. The van der Waals surface area contributed by atoms with E-state index in [1.54, 1.807) is 13.1 Å². The number of halogens is 2. The molecule has 0 saturated heterocycles. The fraction of sp³-hybridized carbons (Fsp3) is 0.615. The van der Waals surface area contributed by atoms with Crippen molar-refractivity contribution in [2.45, 2.75) is 33.7 Å². The van der Waals surface area contributed by atoms with Crippen LogP contribution in [0.5, 0.6) is 0 Å². The summed E-state index contributed by atoms with van der Waals surface area (Å²) in [6.45, 7) is 9.54. The maximum absolute atomic E-state index is 6.26. The van der Waals surface area contributed by atoms with Crippen molar-refractivity contribution < 1.29 is 0 Å². The molecule has 0 bridgehead atoms. The zero-order chi connectivity index (χ0) is 13.9. The van der Waals surface area contributed by atoms with Gasteiger partial charge in [-0.3, -0.25) is 0 Å². The van der Waals surface area contributed by atoms with Crippen molar-refractivity contribution in [1.29, 1.82) is 0 Å².